The van der Waals surface area contributed by atoms with Crippen molar-refractivity contribution in [1.82, 2.24) is 4.98 Å². The first-order valence-corrected chi connectivity index (χ1v) is 9.23. The molecule has 6 heteroatoms. The number of carbonyl (C=O) groups excluding carboxylic acids is 2. The molecule has 1 aromatic heterocycles. The van der Waals surface area contributed by atoms with Crippen LogP contribution in [0.15, 0.2) is 54.7 Å². The van der Waals surface area contributed by atoms with Crippen molar-refractivity contribution >= 4 is 34.2 Å². The van der Waals surface area contributed by atoms with E-state index in [1.165, 1.54) is 6.20 Å². The molecule has 0 atom stereocenters. The van der Waals surface area contributed by atoms with E-state index in [0.29, 0.717) is 23.4 Å². The SMILES string of the molecule is CCCOC(=O)c1ccc(Nc2c(C(=O)OCC)cnc3ccccc23)cc1. The van der Waals surface area contributed by atoms with Gasteiger partial charge in [-0.2, -0.15) is 0 Å². The molecule has 1 heterocycles. The van der Waals surface area contributed by atoms with Gasteiger partial charge >= 0.3 is 11.9 Å². The Labute approximate surface area is 163 Å². The van der Waals surface area contributed by atoms with Crippen LogP contribution in [0.4, 0.5) is 11.4 Å². The Balaban J connectivity index is 1.93. The number of benzene rings is 2. The van der Waals surface area contributed by atoms with E-state index >= 15 is 0 Å². The fraction of sp³-hybridized carbons (Fsp3) is 0.227. The van der Waals surface area contributed by atoms with Crippen LogP contribution in [0, 0.1) is 0 Å². The van der Waals surface area contributed by atoms with Crippen LogP contribution in [0.2, 0.25) is 0 Å². The third kappa shape index (κ3) is 4.28. The van der Waals surface area contributed by atoms with Crippen LogP contribution in [0.1, 0.15) is 41.0 Å². The van der Waals surface area contributed by atoms with Crippen LogP contribution in [-0.4, -0.2) is 30.1 Å². The van der Waals surface area contributed by atoms with Gasteiger partial charge in [0.1, 0.15) is 5.56 Å². The number of para-hydroxylation sites is 1. The summed E-state index contributed by atoms with van der Waals surface area (Å²) < 4.78 is 10.3. The van der Waals surface area contributed by atoms with Crippen molar-refractivity contribution in [2.24, 2.45) is 0 Å². The molecule has 3 rings (SSSR count). The molecule has 3 aromatic rings. The van der Waals surface area contributed by atoms with Gasteiger partial charge in [-0.25, -0.2) is 9.59 Å². The van der Waals surface area contributed by atoms with Gasteiger partial charge in [0.15, 0.2) is 0 Å². The zero-order valence-electron chi connectivity index (χ0n) is 15.9. The molecule has 0 saturated heterocycles. The highest BCUT2D eigenvalue weighted by molar-refractivity contribution is 6.06. The van der Waals surface area contributed by atoms with Gasteiger partial charge in [-0.3, -0.25) is 4.98 Å². The maximum atomic E-state index is 12.4. The second-order valence-corrected chi connectivity index (χ2v) is 6.12. The molecule has 0 bridgehead atoms. The van der Waals surface area contributed by atoms with Crippen molar-refractivity contribution in [2.45, 2.75) is 20.3 Å². The fourth-order valence-electron chi connectivity index (χ4n) is 2.75. The van der Waals surface area contributed by atoms with Crippen molar-refractivity contribution in [3.05, 3.63) is 65.9 Å². The van der Waals surface area contributed by atoms with E-state index in [1.807, 2.05) is 31.2 Å². The Kier molecular flexibility index (Phi) is 6.22. The number of anilines is 2. The van der Waals surface area contributed by atoms with Crippen molar-refractivity contribution in [3.63, 3.8) is 0 Å². The van der Waals surface area contributed by atoms with Gasteiger partial charge in [0, 0.05) is 17.3 Å². The number of ether oxygens (including phenoxy) is 2. The van der Waals surface area contributed by atoms with E-state index in [2.05, 4.69) is 10.3 Å². The molecule has 0 aliphatic carbocycles. The average molecular weight is 378 g/mol. The van der Waals surface area contributed by atoms with Crippen molar-refractivity contribution in [3.8, 4) is 0 Å². The summed E-state index contributed by atoms with van der Waals surface area (Å²) in [5, 5.41) is 4.08. The second-order valence-electron chi connectivity index (χ2n) is 6.12. The van der Waals surface area contributed by atoms with Gasteiger partial charge in [-0.1, -0.05) is 25.1 Å². The predicted molar refractivity (Wildman–Crippen MR) is 108 cm³/mol. The van der Waals surface area contributed by atoms with E-state index in [9.17, 15) is 9.59 Å². The van der Waals surface area contributed by atoms with E-state index in [-0.39, 0.29) is 12.6 Å². The molecule has 0 fully saturated rings. The summed E-state index contributed by atoms with van der Waals surface area (Å²) in [6.07, 6.45) is 2.29. The number of carbonyl (C=O) groups is 2. The highest BCUT2D eigenvalue weighted by atomic mass is 16.5. The maximum absolute atomic E-state index is 12.4. The lowest BCUT2D eigenvalue weighted by molar-refractivity contribution is 0.0501. The Morgan fingerprint density at radius 3 is 2.43 bits per heavy atom. The first-order valence-electron chi connectivity index (χ1n) is 9.23. The highest BCUT2D eigenvalue weighted by Crippen LogP contribution is 2.29. The number of pyridine rings is 1. The summed E-state index contributed by atoms with van der Waals surface area (Å²) in [5.41, 5.74) is 2.94. The number of hydrogen-bond acceptors (Lipinski definition) is 6. The lowest BCUT2D eigenvalue weighted by Gasteiger charge is -2.14. The number of nitrogens with one attached hydrogen (secondary N) is 1. The van der Waals surface area contributed by atoms with E-state index < -0.39 is 5.97 Å². The molecule has 0 aliphatic heterocycles. The number of hydrogen-bond donors (Lipinski definition) is 1. The molecular formula is C22H22N2O4. The van der Waals surface area contributed by atoms with E-state index in [4.69, 9.17) is 9.47 Å². The number of esters is 2. The van der Waals surface area contributed by atoms with E-state index in [0.717, 1.165) is 23.0 Å². The quantitative estimate of drug-likeness (QED) is 0.599. The van der Waals surface area contributed by atoms with Gasteiger partial charge in [-0.15, -0.1) is 0 Å². The summed E-state index contributed by atoms with van der Waals surface area (Å²) in [6.45, 7) is 4.38. The normalized spacial score (nSPS) is 10.5. The Bertz CT molecular complexity index is 983. The van der Waals surface area contributed by atoms with Gasteiger partial charge in [0.05, 0.1) is 30.0 Å². The third-order valence-corrected chi connectivity index (χ3v) is 4.10. The maximum Gasteiger partial charge on any atom is 0.341 e. The lowest BCUT2D eigenvalue weighted by atomic mass is 10.1. The van der Waals surface area contributed by atoms with Crippen molar-refractivity contribution < 1.29 is 19.1 Å². The zero-order valence-corrected chi connectivity index (χ0v) is 15.9. The van der Waals surface area contributed by atoms with Crippen molar-refractivity contribution in [1.29, 1.82) is 0 Å². The minimum atomic E-state index is -0.442. The predicted octanol–water partition coefficient (Wildman–Crippen LogP) is 4.72. The van der Waals surface area contributed by atoms with Gasteiger partial charge < -0.3 is 14.8 Å². The number of nitrogens with zero attached hydrogens (tertiary/aromatic N) is 1. The molecule has 0 amide bonds. The molecule has 0 aliphatic rings. The molecule has 1 N–H and O–H groups in total. The minimum Gasteiger partial charge on any atom is -0.462 e. The average Bonchev–Trinajstić information content (AvgIpc) is 2.73. The molecule has 0 unspecified atom stereocenters. The number of rotatable bonds is 7. The Morgan fingerprint density at radius 2 is 1.71 bits per heavy atom. The summed E-state index contributed by atoms with van der Waals surface area (Å²) in [6, 6.07) is 14.5. The van der Waals surface area contributed by atoms with Gasteiger partial charge in [0.2, 0.25) is 0 Å². The zero-order chi connectivity index (χ0) is 19.9. The van der Waals surface area contributed by atoms with Crippen LogP contribution in [0.3, 0.4) is 0 Å². The molecule has 144 valence electrons. The summed E-state index contributed by atoms with van der Waals surface area (Å²) in [4.78, 5) is 28.7. The Morgan fingerprint density at radius 1 is 0.964 bits per heavy atom. The summed E-state index contributed by atoms with van der Waals surface area (Å²) in [7, 11) is 0. The van der Waals surface area contributed by atoms with Gasteiger partial charge in [-0.05, 0) is 43.7 Å². The van der Waals surface area contributed by atoms with Crippen LogP contribution in [0.25, 0.3) is 10.9 Å². The van der Waals surface area contributed by atoms with Crippen LogP contribution in [0.5, 0.6) is 0 Å². The fourth-order valence-corrected chi connectivity index (χ4v) is 2.75. The summed E-state index contributed by atoms with van der Waals surface area (Å²) >= 11 is 0. The van der Waals surface area contributed by atoms with Crippen molar-refractivity contribution in [2.75, 3.05) is 18.5 Å². The molecule has 6 nitrogen and oxygen atoms in total. The lowest BCUT2D eigenvalue weighted by Crippen LogP contribution is -2.09. The molecule has 2 aromatic carbocycles. The first kappa shape index (κ1) is 19.4. The smallest absolute Gasteiger partial charge is 0.341 e. The first-order chi connectivity index (χ1) is 13.6. The standard InChI is InChI=1S/C22H22N2O4/c1-3-13-28-21(25)15-9-11-16(12-10-15)24-20-17-7-5-6-8-19(17)23-14-18(20)22(26)27-4-2/h5-12,14H,3-4,13H2,1-2H3,(H,23,24). The molecule has 0 saturated carbocycles. The molecule has 28 heavy (non-hydrogen) atoms. The third-order valence-electron chi connectivity index (χ3n) is 4.10. The van der Waals surface area contributed by atoms with E-state index in [1.54, 1.807) is 31.2 Å². The van der Waals surface area contributed by atoms with Crippen LogP contribution < -0.4 is 5.32 Å². The largest absolute Gasteiger partial charge is 0.462 e. The molecule has 0 spiro atoms. The Hall–Kier alpha value is -3.41. The van der Waals surface area contributed by atoms with Gasteiger partial charge in [0.25, 0.3) is 0 Å². The minimum absolute atomic E-state index is 0.277. The number of fused-ring (bicyclic) bond motifs is 1. The topological polar surface area (TPSA) is 77.5 Å². The number of aromatic nitrogens is 1. The molecular weight excluding hydrogens is 356 g/mol. The van der Waals surface area contributed by atoms with Crippen LogP contribution in [-0.2, 0) is 9.47 Å². The second kappa shape index (κ2) is 8.99. The molecule has 0 radical (unpaired) electrons. The van der Waals surface area contributed by atoms with Crippen LogP contribution >= 0.6 is 0 Å². The summed E-state index contributed by atoms with van der Waals surface area (Å²) in [5.74, 6) is -0.794. The highest BCUT2D eigenvalue weighted by Gasteiger charge is 2.17. The monoisotopic (exact) mass is 378 g/mol.